The lowest BCUT2D eigenvalue weighted by Crippen LogP contribution is -2.35. The maximum Gasteiger partial charge on any atom is 0.306 e. The van der Waals surface area contributed by atoms with Gasteiger partial charge in [0.2, 0.25) is 0 Å². The van der Waals surface area contributed by atoms with Gasteiger partial charge in [-0.15, -0.1) is 0 Å². The maximum atomic E-state index is 12.8. The van der Waals surface area contributed by atoms with Gasteiger partial charge in [0, 0.05) is 52.6 Å². The van der Waals surface area contributed by atoms with Gasteiger partial charge in [-0.25, -0.2) is 0 Å². The molecule has 180 valence electrons. The van der Waals surface area contributed by atoms with Crippen LogP contribution in [0.15, 0.2) is 42.5 Å². The van der Waals surface area contributed by atoms with E-state index in [1.54, 1.807) is 7.11 Å². The molecule has 34 heavy (non-hydrogen) atoms. The van der Waals surface area contributed by atoms with Crippen molar-refractivity contribution < 1.29 is 14.3 Å². The fraction of sp³-hybridized carbons (Fsp3) is 0.464. The first-order valence-electron chi connectivity index (χ1n) is 12.2. The molecule has 3 heterocycles. The summed E-state index contributed by atoms with van der Waals surface area (Å²) in [6, 6.07) is 15.3. The standard InChI is InChI=1S/C28H33ClN2O3/c1-17(2)34-27(32)13-19(18-5-9-22(33-4)10-6-18)16-31-24-11-7-20(29)14-23(24)28-25-12-8-21(30(25)3)15-26(28)31/h5-7,9-11,14,17,19,21,25H,8,12-13,15-16H2,1-4H3. The Hall–Kier alpha value is -2.50. The minimum absolute atomic E-state index is 0.00940. The van der Waals surface area contributed by atoms with E-state index in [9.17, 15) is 4.79 Å². The minimum atomic E-state index is -0.163. The molecule has 5 rings (SSSR count). The molecule has 5 nitrogen and oxygen atoms in total. The van der Waals surface area contributed by atoms with Crippen LogP contribution < -0.4 is 4.74 Å². The third-order valence-corrected chi connectivity index (χ3v) is 7.78. The summed E-state index contributed by atoms with van der Waals surface area (Å²) in [4.78, 5) is 15.3. The van der Waals surface area contributed by atoms with Gasteiger partial charge in [0.15, 0.2) is 0 Å². The number of halogens is 1. The summed E-state index contributed by atoms with van der Waals surface area (Å²) in [7, 11) is 3.92. The molecule has 1 fully saturated rings. The lowest BCUT2D eigenvalue weighted by atomic mass is 9.94. The van der Waals surface area contributed by atoms with Crippen molar-refractivity contribution in [2.75, 3.05) is 14.2 Å². The summed E-state index contributed by atoms with van der Waals surface area (Å²) in [5.74, 6) is 0.638. The highest BCUT2D eigenvalue weighted by Gasteiger charge is 2.41. The maximum absolute atomic E-state index is 12.8. The van der Waals surface area contributed by atoms with Gasteiger partial charge in [-0.1, -0.05) is 23.7 Å². The highest BCUT2D eigenvalue weighted by molar-refractivity contribution is 6.31. The number of aromatic nitrogens is 1. The van der Waals surface area contributed by atoms with Crippen LogP contribution in [0.3, 0.4) is 0 Å². The Kier molecular flexibility index (Phi) is 6.34. The molecule has 1 aromatic heterocycles. The zero-order chi connectivity index (χ0) is 24.0. The minimum Gasteiger partial charge on any atom is -0.497 e. The second-order valence-electron chi connectivity index (χ2n) is 9.96. The van der Waals surface area contributed by atoms with Gasteiger partial charge in [0.05, 0.1) is 19.6 Å². The first-order chi connectivity index (χ1) is 16.4. The van der Waals surface area contributed by atoms with Gasteiger partial charge in [-0.3, -0.25) is 9.69 Å². The number of ether oxygens (including phenoxy) is 2. The molecule has 3 unspecified atom stereocenters. The lowest BCUT2D eigenvalue weighted by molar-refractivity contribution is -0.147. The van der Waals surface area contributed by atoms with Crippen molar-refractivity contribution in [3.63, 3.8) is 0 Å². The van der Waals surface area contributed by atoms with Crippen molar-refractivity contribution in [1.82, 2.24) is 9.47 Å². The van der Waals surface area contributed by atoms with Crippen LogP contribution in [0, 0.1) is 0 Å². The van der Waals surface area contributed by atoms with Crippen molar-refractivity contribution in [1.29, 1.82) is 0 Å². The molecule has 0 radical (unpaired) electrons. The van der Waals surface area contributed by atoms with Crippen molar-refractivity contribution in [2.24, 2.45) is 0 Å². The Bertz CT molecular complexity index is 1200. The summed E-state index contributed by atoms with van der Waals surface area (Å²) in [5, 5.41) is 2.01. The summed E-state index contributed by atoms with van der Waals surface area (Å²) < 4.78 is 13.4. The summed E-state index contributed by atoms with van der Waals surface area (Å²) in [5.41, 5.74) is 5.14. The number of benzene rings is 2. The van der Waals surface area contributed by atoms with E-state index in [2.05, 4.69) is 40.8 Å². The number of nitrogens with zero attached hydrogens (tertiary/aromatic N) is 2. The molecule has 0 amide bonds. The largest absolute Gasteiger partial charge is 0.497 e. The highest BCUT2D eigenvalue weighted by Crippen LogP contribution is 2.47. The van der Waals surface area contributed by atoms with Crippen LogP contribution >= 0.6 is 11.6 Å². The fourth-order valence-corrected chi connectivity index (χ4v) is 6.10. The molecular formula is C28H33ClN2O3. The van der Waals surface area contributed by atoms with E-state index >= 15 is 0 Å². The SMILES string of the molecule is COc1ccc(C(CC(=O)OC(C)C)Cn2c3c(c4cc(Cl)ccc42)C2CCC(C3)N2C)cc1. The fourth-order valence-electron chi connectivity index (χ4n) is 5.93. The number of carbonyl (C=O) groups excluding carboxylic acids is 1. The van der Waals surface area contributed by atoms with E-state index in [0.29, 0.717) is 18.5 Å². The number of esters is 1. The van der Waals surface area contributed by atoms with Crippen LogP contribution in [-0.2, 0) is 22.5 Å². The number of rotatable bonds is 7. The van der Waals surface area contributed by atoms with Gasteiger partial charge in [-0.05, 0) is 75.2 Å². The molecule has 0 N–H and O–H groups in total. The monoisotopic (exact) mass is 480 g/mol. The highest BCUT2D eigenvalue weighted by atomic mass is 35.5. The van der Waals surface area contributed by atoms with Gasteiger partial charge in [0.1, 0.15) is 5.75 Å². The number of methoxy groups -OCH3 is 1. The number of carbonyl (C=O) groups is 1. The molecule has 0 aliphatic carbocycles. The Labute approximate surface area is 206 Å². The van der Waals surface area contributed by atoms with Crippen LogP contribution in [0.4, 0.5) is 0 Å². The zero-order valence-corrected chi connectivity index (χ0v) is 21.1. The lowest BCUT2D eigenvalue weighted by Gasteiger charge is -2.33. The van der Waals surface area contributed by atoms with Crippen LogP contribution in [-0.4, -0.2) is 41.7 Å². The van der Waals surface area contributed by atoms with Crippen molar-refractivity contribution in [3.8, 4) is 5.75 Å². The van der Waals surface area contributed by atoms with Crippen LogP contribution in [0.1, 0.15) is 61.9 Å². The average Bonchev–Trinajstić information content (AvgIpc) is 3.21. The first-order valence-corrected chi connectivity index (χ1v) is 12.6. The van der Waals surface area contributed by atoms with Crippen LogP contribution in [0.5, 0.6) is 5.75 Å². The molecule has 1 saturated heterocycles. The number of fused-ring (bicyclic) bond motifs is 6. The van der Waals surface area contributed by atoms with Crippen molar-refractivity contribution in [2.45, 2.75) is 70.2 Å². The summed E-state index contributed by atoms with van der Waals surface area (Å²) in [6.45, 7) is 4.51. The molecule has 2 aromatic carbocycles. The van der Waals surface area contributed by atoms with E-state index in [-0.39, 0.29) is 18.0 Å². The predicted molar refractivity (Wildman–Crippen MR) is 136 cm³/mol. The van der Waals surface area contributed by atoms with Gasteiger partial charge in [0.25, 0.3) is 0 Å². The number of hydrogen-bond acceptors (Lipinski definition) is 4. The molecule has 2 aliphatic heterocycles. The molecular weight excluding hydrogens is 448 g/mol. The quantitative estimate of drug-likeness (QED) is 0.382. The zero-order valence-electron chi connectivity index (χ0n) is 20.4. The third kappa shape index (κ3) is 4.20. The Balaban J connectivity index is 1.58. The van der Waals surface area contributed by atoms with Gasteiger partial charge in [-0.2, -0.15) is 0 Å². The molecule has 3 aromatic rings. The van der Waals surface area contributed by atoms with Gasteiger partial charge < -0.3 is 14.0 Å². The van der Waals surface area contributed by atoms with E-state index in [1.807, 2.05) is 32.0 Å². The summed E-state index contributed by atoms with van der Waals surface area (Å²) >= 11 is 6.46. The average molecular weight is 481 g/mol. The second-order valence-corrected chi connectivity index (χ2v) is 10.4. The molecule has 3 atom stereocenters. The molecule has 6 heteroatoms. The Morgan fingerprint density at radius 3 is 2.62 bits per heavy atom. The molecule has 2 bridgehead atoms. The van der Waals surface area contributed by atoms with E-state index in [0.717, 1.165) is 29.3 Å². The predicted octanol–water partition coefficient (Wildman–Crippen LogP) is 6.12. The molecule has 0 spiro atoms. The topological polar surface area (TPSA) is 43.7 Å². The van der Waals surface area contributed by atoms with E-state index in [1.165, 1.54) is 35.0 Å². The second kappa shape index (κ2) is 9.27. The molecule has 2 aliphatic rings. The Morgan fingerprint density at radius 2 is 1.91 bits per heavy atom. The summed E-state index contributed by atoms with van der Waals surface area (Å²) in [6.07, 6.45) is 3.64. The smallest absolute Gasteiger partial charge is 0.306 e. The van der Waals surface area contributed by atoms with Gasteiger partial charge >= 0.3 is 5.97 Å². The van der Waals surface area contributed by atoms with Crippen molar-refractivity contribution >= 4 is 28.5 Å². The molecule has 0 saturated carbocycles. The number of hydrogen-bond donors (Lipinski definition) is 0. The van der Waals surface area contributed by atoms with Crippen LogP contribution in [0.25, 0.3) is 10.9 Å². The van der Waals surface area contributed by atoms with E-state index in [4.69, 9.17) is 21.1 Å². The number of likely N-dealkylation sites (N-methyl/N-ethyl adjacent to an activating group) is 1. The third-order valence-electron chi connectivity index (χ3n) is 7.55. The first kappa shape index (κ1) is 23.3. The normalized spacial score (nSPS) is 20.5. The van der Waals surface area contributed by atoms with Crippen molar-refractivity contribution in [3.05, 3.63) is 64.3 Å². The van der Waals surface area contributed by atoms with E-state index < -0.39 is 0 Å². The van der Waals surface area contributed by atoms with Crippen LogP contribution in [0.2, 0.25) is 5.02 Å². The Morgan fingerprint density at radius 1 is 1.15 bits per heavy atom.